The predicted octanol–water partition coefficient (Wildman–Crippen LogP) is 3.19. The molecule has 2 aromatic carbocycles. The van der Waals surface area contributed by atoms with Crippen LogP contribution in [0.5, 0.6) is 0 Å². The summed E-state index contributed by atoms with van der Waals surface area (Å²) in [5, 5.41) is 2.78. The molecule has 0 saturated heterocycles. The molecule has 0 unspecified atom stereocenters. The Kier molecular flexibility index (Phi) is 5.47. The zero-order valence-electron chi connectivity index (χ0n) is 14.0. The molecule has 0 heterocycles. The van der Waals surface area contributed by atoms with Crippen molar-refractivity contribution in [3.63, 3.8) is 0 Å². The van der Waals surface area contributed by atoms with Crippen molar-refractivity contribution in [1.82, 2.24) is 0 Å². The smallest absolute Gasteiger partial charge is 0.244 e. The monoisotopic (exact) mass is 324 g/mol. The van der Waals surface area contributed by atoms with Crippen LogP contribution < -0.4 is 10.2 Å². The fourth-order valence-corrected chi connectivity index (χ4v) is 2.33. The van der Waals surface area contributed by atoms with E-state index in [1.807, 2.05) is 25.1 Å². The minimum atomic E-state index is -0.286. The maximum Gasteiger partial charge on any atom is 0.244 e. The topological polar surface area (TPSA) is 66.5 Å². The number of nitrogens with zero attached hydrogens (tertiary/aromatic N) is 1. The van der Waals surface area contributed by atoms with Crippen molar-refractivity contribution in [2.45, 2.75) is 20.8 Å². The van der Waals surface area contributed by atoms with Gasteiger partial charge in [0.25, 0.3) is 0 Å². The molecule has 2 amide bonds. The van der Waals surface area contributed by atoms with E-state index >= 15 is 0 Å². The molecule has 0 aliphatic carbocycles. The Morgan fingerprint density at radius 2 is 1.67 bits per heavy atom. The highest BCUT2D eigenvalue weighted by Crippen LogP contribution is 2.17. The lowest BCUT2D eigenvalue weighted by Gasteiger charge is -2.21. The number of benzene rings is 2. The number of carbonyl (C=O) groups excluding carboxylic acids is 3. The average molecular weight is 324 g/mol. The molecule has 0 aromatic heterocycles. The van der Waals surface area contributed by atoms with Gasteiger partial charge in [0.1, 0.15) is 6.54 Å². The molecule has 0 radical (unpaired) electrons. The van der Waals surface area contributed by atoms with Crippen LogP contribution >= 0.6 is 0 Å². The summed E-state index contributed by atoms with van der Waals surface area (Å²) in [6.07, 6.45) is 0. The fourth-order valence-electron chi connectivity index (χ4n) is 2.33. The number of Topliss-reactive ketones (excluding diaryl/α,β-unsaturated/α-hetero) is 1. The van der Waals surface area contributed by atoms with Crippen LogP contribution in [0.2, 0.25) is 0 Å². The Morgan fingerprint density at radius 3 is 2.21 bits per heavy atom. The number of amides is 2. The summed E-state index contributed by atoms with van der Waals surface area (Å²) in [5.74, 6) is -0.579. The number of rotatable bonds is 5. The zero-order chi connectivity index (χ0) is 17.7. The number of ketones is 1. The molecular formula is C19H20N2O3. The van der Waals surface area contributed by atoms with Crippen LogP contribution in [0.15, 0.2) is 48.5 Å². The highest BCUT2D eigenvalue weighted by Gasteiger charge is 2.16. The van der Waals surface area contributed by atoms with Crippen molar-refractivity contribution < 1.29 is 14.4 Å². The van der Waals surface area contributed by atoms with Gasteiger partial charge in [-0.15, -0.1) is 0 Å². The van der Waals surface area contributed by atoms with Crippen LogP contribution in [0, 0.1) is 6.92 Å². The maximum absolute atomic E-state index is 12.2. The lowest BCUT2D eigenvalue weighted by Crippen LogP contribution is -2.36. The molecule has 124 valence electrons. The lowest BCUT2D eigenvalue weighted by molar-refractivity contribution is -0.120. The SMILES string of the molecule is CC(=O)c1ccc(N(CC(=O)Nc2cccc(C)c2)C(C)=O)cc1. The number of anilines is 2. The van der Waals surface area contributed by atoms with Crippen LogP contribution in [-0.4, -0.2) is 24.1 Å². The van der Waals surface area contributed by atoms with Crippen molar-refractivity contribution in [2.75, 3.05) is 16.8 Å². The average Bonchev–Trinajstić information content (AvgIpc) is 2.52. The molecule has 2 aromatic rings. The third-order valence-electron chi connectivity index (χ3n) is 3.57. The minimum Gasteiger partial charge on any atom is -0.325 e. The van der Waals surface area contributed by atoms with Gasteiger partial charge in [0.05, 0.1) is 0 Å². The van der Waals surface area contributed by atoms with Crippen LogP contribution in [0.3, 0.4) is 0 Å². The van der Waals surface area contributed by atoms with Gasteiger partial charge >= 0.3 is 0 Å². The van der Waals surface area contributed by atoms with Crippen molar-refractivity contribution in [2.24, 2.45) is 0 Å². The van der Waals surface area contributed by atoms with Crippen molar-refractivity contribution >= 4 is 29.0 Å². The zero-order valence-corrected chi connectivity index (χ0v) is 14.0. The lowest BCUT2D eigenvalue weighted by atomic mass is 10.1. The number of nitrogens with one attached hydrogen (secondary N) is 1. The third kappa shape index (κ3) is 4.52. The summed E-state index contributed by atoms with van der Waals surface area (Å²) in [6, 6.07) is 14.1. The van der Waals surface area contributed by atoms with Crippen molar-refractivity contribution in [3.8, 4) is 0 Å². The molecule has 2 rings (SSSR count). The summed E-state index contributed by atoms with van der Waals surface area (Å²) in [7, 11) is 0. The van der Waals surface area contributed by atoms with Crippen LogP contribution in [0.4, 0.5) is 11.4 Å². The van der Waals surface area contributed by atoms with E-state index in [1.165, 1.54) is 18.7 Å². The third-order valence-corrected chi connectivity index (χ3v) is 3.57. The molecule has 0 bridgehead atoms. The van der Waals surface area contributed by atoms with Gasteiger partial charge in [-0.3, -0.25) is 14.4 Å². The van der Waals surface area contributed by atoms with Gasteiger partial charge in [-0.05, 0) is 55.8 Å². The Balaban J connectivity index is 2.11. The van der Waals surface area contributed by atoms with Gasteiger partial charge in [-0.1, -0.05) is 12.1 Å². The molecule has 5 heteroatoms. The molecule has 0 atom stereocenters. The van der Waals surface area contributed by atoms with E-state index < -0.39 is 0 Å². The molecule has 0 aliphatic rings. The summed E-state index contributed by atoms with van der Waals surface area (Å²) < 4.78 is 0. The molecule has 0 spiro atoms. The van der Waals surface area contributed by atoms with E-state index in [1.54, 1.807) is 30.3 Å². The van der Waals surface area contributed by atoms with Crippen molar-refractivity contribution in [1.29, 1.82) is 0 Å². The van der Waals surface area contributed by atoms with Crippen LogP contribution in [-0.2, 0) is 9.59 Å². The number of hydrogen-bond acceptors (Lipinski definition) is 3. The van der Waals surface area contributed by atoms with E-state index in [9.17, 15) is 14.4 Å². The Hall–Kier alpha value is -2.95. The molecule has 1 N–H and O–H groups in total. The van der Waals surface area contributed by atoms with Gasteiger partial charge in [0, 0.05) is 23.9 Å². The fraction of sp³-hybridized carbons (Fsp3) is 0.211. The van der Waals surface area contributed by atoms with Gasteiger partial charge < -0.3 is 10.2 Å². The van der Waals surface area contributed by atoms with E-state index in [0.29, 0.717) is 16.9 Å². The summed E-state index contributed by atoms with van der Waals surface area (Å²) >= 11 is 0. The Labute approximate surface area is 141 Å². The van der Waals surface area contributed by atoms with E-state index in [0.717, 1.165) is 5.56 Å². The number of aryl methyl sites for hydroxylation is 1. The highest BCUT2D eigenvalue weighted by atomic mass is 16.2. The maximum atomic E-state index is 12.2. The largest absolute Gasteiger partial charge is 0.325 e. The Bertz CT molecular complexity index is 766. The first-order chi connectivity index (χ1) is 11.4. The second-order valence-electron chi connectivity index (χ2n) is 5.63. The van der Waals surface area contributed by atoms with E-state index in [2.05, 4.69) is 5.32 Å². The first-order valence-corrected chi connectivity index (χ1v) is 7.62. The van der Waals surface area contributed by atoms with Crippen LogP contribution in [0.1, 0.15) is 29.8 Å². The molecular weight excluding hydrogens is 304 g/mol. The minimum absolute atomic E-state index is 0.0480. The first-order valence-electron chi connectivity index (χ1n) is 7.62. The number of hydrogen-bond donors (Lipinski definition) is 1. The summed E-state index contributed by atoms with van der Waals surface area (Å²) in [5.41, 5.74) is 2.87. The molecule has 24 heavy (non-hydrogen) atoms. The summed E-state index contributed by atoms with van der Waals surface area (Å²) in [4.78, 5) is 36.8. The van der Waals surface area contributed by atoms with E-state index in [-0.39, 0.29) is 24.1 Å². The second-order valence-corrected chi connectivity index (χ2v) is 5.63. The standard InChI is InChI=1S/C19H20N2O3/c1-13-5-4-6-17(11-13)20-19(24)12-21(15(3)23)18-9-7-16(8-10-18)14(2)22/h4-11H,12H2,1-3H3,(H,20,24). The van der Waals surface area contributed by atoms with Crippen LogP contribution in [0.25, 0.3) is 0 Å². The Morgan fingerprint density at radius 1 is 1.00 bits per heavy atom. The molecule has 0 aliphatic heterocycles. The van der Waals surface area contributed by atoms with Gasteiger partial charge in [-0.2, -0.15) is 0 Å². The van der Waals surface area contributed by atoms with E-state index in [4.69, 9.17) is 0 Å². The van der Waals surface area contributed by atoms with Gasteiger partial charge in [-0.25, -0.2) is 0 Å². The highest BCUT2D eigenvalue weighted by molar-refractivity contribution is 6.02. The normalized spacial score (nSPS) is 10.1. The summed E-state index contributed by atoms with van der Waals surface area (Å²) in [6.45, 7) is 4.72. The van der Waals surface area contributed by atoms with Crippen molar-refractivity contribution in [3.05, 3.63) is 59.7 Å². The quantitative estimate of drug-likeness (QED) is 0.859. The molecule has 0 saturated carbocycles. The molecule has 0 fully saturated rings. The second kappa shape index (κ2) is 7.55. The predicted molar refractivity (Wildman–Crippen MR) is 94.3 cm³/mol. The number of carbonyl (C=O) groups is 3. The van der Waals surface area contributed by atoms with Gasteiger partial charge in [0.15, 0.2) is 5.78 Å². The first kappa shape index (κ1) is 17.4. The van der Waals surface area contributed by atoms with Gasteiger partial charge in [0.2, 0.25) is 11.8 Å². The molecule has 5 nitrogen and oxygen atoms in total.